The Kier molecular flexibility index (Phi) is 4.65. The molecule has 2 rings (SSSR count). The minimum Gasteiger partial charge on any atom is -0.496 e. The second-order valence-corrected chi connectivity index (χ2v) is 5.62. The minimum atomic E-state index is -0.503. The molecule has 1 unspecified atom stereocenters. The monoisotopic (exact) mass is 340 g/mol. The zero-order valence-corrected chi connectivity index (χ0v) is 12.9. The fourth-order valence-electron chi connectivity index (χ4n) is 2.44. The molecule has 0 aromatic heterocycles. The van der Waals surface area contributed by atoms with Crippen molar-refractivity contribution in [3.05, 3.63) is 28.2 Å². The van der Waals surface area contributed by atoms with Crippen LogP contribution in [0, 0.1) is 0 Å². The van der Waals surface area contributed by atoms with Crippen LogP contribution in [0.3, 0.4) is 0 Å². The Morgan fingerprint density at radius 1 is 1.40 bits per heavy atom. The van der Waals surface area contributed by atoms with Crippen molar-refractivity contribution < 1.29 is 14.3 Å². The fraction of sp³-hybridized carbons (Fsp3) is 0.429. The number of nitrogens with zero attached hydrogens (tertiary/aromatic N) is 1. The van der Waals surface area contributed by atoms with Gasteiger partial charge in [0.05, 0.1) is 11.6 Å². The van der Waals surface area contributed by atoms with Gasteiger partial charge in [0.25, 0.3) is 5.91 Å². The van der Waals surface area contributed by atoms with Gasteiger partial charge in [0.1, 0.15) is 11.8 Å². The van der Waals surface area contributed by atoms with Crippen molar-refractivity contribution in [2.75, 3.05) is 13.7 Å². The van der Waals surface area contributed by atoms with E-state index in [1.165, 1.54) is 0 Å². The number of nitrogens with two attached hydrogens (primary N) is 1. The van der Waals surface area contributed by atoms with Crippen LogP contribution in [0.25, 0.3) is 0 Å². The van der Waals surface area contributed by atoms with Crippen molar-refractivity contribution >= 4 is 27.7 Å². The number of likely N-dealkylation sites (tertiary alicyclic amines) is 1. The molecule has 1 aromatic rings. The molecule has 0 bridgehead atoms. The van der Waals surface area contributed by atoms with E-state index in [-0.39, 0.29) is 5.91 Å². The topological polar surface area (TPSA) is 72.6 Å². The number of amides is 2. The summed E-state index contributed by atoms with van der Waals surface area (Å²) < 4.78 is 5.85. The number of benzene rings is 1. The summed E-state index contributed by atoms with van der Waals surface area (Å²) in [4.78, 5) is 25.6. The number of primary amides is 1. The van der Waals surface area contributed by atoms with E-state index in [9.17, 15) is 9.59 Å². The Labute approximate surface area is 126 Å². The lowest BCUT2D eigenvalue weighted by atomic mass is 10.0. The number of carbonyl (C=O) groups is 2. The molecule has 1 saturated heterocycles. The molecule has 0 saturated carbocycles. The maximum atomic E-state index is 12.5. The van der Waals surface area contributed by atoms with Crippen LogP contribution >= 0.6 is 15.9 Å². The van der Waals surface area contributed by atoms with Crippen LogP contribution in [0.1, 0.15) is 29.6 Å². The fourth-order valence-corrected chi connectivity index (χ4v) is 2.98. The molecular formula is C14H17BrN2O3. The molecule has 0 aliphatic carbocycles. The molecule has 2 N–H and O–H groups in total. The van der Waals surface area contributed by atoms with Gasteiger partial charge < -0.3 is 15.4 Å². The van der Waals surface area contributed by atoms with Crippen LogP contribution in [-0.2, 0) is 4.79 Å². The van der Waals surface area contributed by atoms with Crippen LogP contribution in [0.15, 0.2) is 22.7 Å². The largest absolute Gasteiger partial charge is 0.496 e. The third kappa shape index (κ3) is 2.95. The Bertz CT molecular complexity index is 533. The summed E-state index contributed by atoms with van der Waals surface area (Å²) in [6.45, 7) is 0.566. The molecule has 1 heterocycles. The lowest BCUT2D eigenvalue weighted by molar-refractivity contribution is -0.123. The van der Waals surface area contributed by atoms with Crippen molar-refractivity contribution in [2.45, 2.75) is 25.3 Å². The predicted octanol–water partition coefficient (Wildman–Crippen LogP) is 1.94. The maximum absolute atomic E-state index is 12.5. The minimum absolute atomic E-state index is 0.170. The molecule has 0 spiro atoms. The number of piperidine rings is 1. The Morgan fingerprint density at radius 2 is 2.15 bits per heavy atom. The summed E-state index contributed by atoms with van der Waals surface area (Å²) in [6, 6.07) is 4.62. The Balaban J connectivity index is 2.25. The van der Waals surface area contributed by atoms with Gasteiger partial charge in [-0.1, -0.05) is 0 Å². The molecule has 108 valence electrons. The molecule has 1 aliphatic rings. The number of methoxy groups -OCH3 is 1. The number of halogens is 1. The second-order valence-electron chi connectivity index (χ2n) is 4.76. The van der Waals surface area contributed by atoms with Gasteiger partial charge in [0, 0.05) is 12.1 Å². The van der Waals surface area contributed by atoms with Gasteiger partial charge >= 0.3 is 0 Å². The first-order chi connectivity index (χ1) is 9.54. The number of carbonyl (C=O) groups excluding carboxylic acids is 2. The van der Waals surface area contributed by atoms with Crippen molar-refractivity contribution in [2.24, 2.45) is 5.73 Å². The lowest BCUT2D eigenvalue weighted by Crippen LogP contribution is -2.50. The highest BCUT2D eigenvalue weighted by atomic mass is 79.9. The average molecular weight is 341 g/mol. The van der Waals surface area contributed by atoms with Gasteiger partial charge in [-0.2, -0.15) is 0 Å². The molecule has 1 aromatic carbocycles. The number of ether oxygens (including phenoxy) is 1. The summed E-state index contributed by atoms with van der Waals surface area (Å²) in [6.07, 6.45) is 2.45. The molecule has 5 nitrogen and oxygen atoms in total. The SMILES string of the molecule is COc1ccc(C(=O)N2CCCCC2C(N)=O)cc1Br. The molecule has 6 heteroatoms. The molecule has 1 fully saturated rings. The van der Waals surface area contributed by atoms with E-state index in [1.54, 1.807) is 30.2 Å². The summed E-state index contributed by atoms with van der Waals surface area (Å²) in [5.74, 6) is 0.0501. The highest BCUT2D eigenvalue weighted by Crippen LogP contribution is 2.27. The van der Waals surface area contributed by atoms with Gasteiger partial charge in [-0.05, 0) is 53.4 Å². The number of rotatable bonds is 3. The van der Waals surface area contributed by atoms with Gasteiger partial charge in [-0.15, -0.1) is 0 Å². The first-order valence-corrected chi connectivity index (χ1v) is 7.27. The molecule has 1 atom stereocenters. The van der Waals surface area contributed by atoms with Crippen molar-refractivity contribution in [1.82, 2.24) is 4.90 Å². The second kappa shape index (κ2) is 6.26. The van der Waals surface area contributed by atoms with E-state index >= 15 is 0 Å². The van der Waals surface area contributed by atoms with Crippen LogP contribution in [0.2, 0.25) is 0 Å². The zero-order valence-electron chi connectivity index (χ0n) is 11.3. The Hall–Kier alpha value is -1.56. The van der Waals surface area contributed by atoms with Gasteiger partial charge in [0.15, 0.2) is 0 Å². The van der Waals surface area contributed by atoms with E-state index in [0.29, 0.717) is 28.8 Å². The molecular weight excluding hydrogens is 324 g/mol. The van der Waals surface area contributed by atoms with Crippen molar-refractivity contribution in [3.8, 4) is 5.75 Å². The smallest absolute Gasteiger partial charge is 0.254 e. The normalized spacial score (nSPS) is 18.7. The van der Waals surface area contributed by atoms with Crippen LogP contribution < -0.4 is 10.5 Å². The highest BCUT2D eigenvalue weighted by Gasteiger charge is 2.31. The van der Waals surface area contributed by atoms with E-state index in [0.717, 1.165) is 12.8 Å². The first kappa shape index (κ1) is 14.8. The molecule has 2 amide bonds. The first-order valence-electron chi connectivity index (χ1n) is 6.48. The maximum Gasteiger partial charge on any atom is 0.254 e. The van der Waals surface area contributed by atoms with E-state index in [4.69, 9.17) is 10.5 Å². The van der Waals surface area contributed by atoms with Gasteiger partial charge in [-0.25, -0.2) is 0 Å². The van der Waals surface area contributed by atoms with Crippen molar-refractivity contribution in [3.63, 3.8) is 0 Å². The third-order valence-corrected chi connectivity index (χ3v) is 4.11. The van der Waals surface area contributed by atoms with E-state index in [1.807, 2.05) is 0 Å². The zero-order chi connectivity index (χ0) is 14.7. The number of hydrogen-bond acceptors (Lipinski definition) is 3. The van der Waals surface area contributed by atoms with Crippen LogP contribution in [0.4, 0.5) is 0 Å². The quantitative estimate of drug-likeness (QED) is 0.913. The van der Waals surface area contributed by atoms with Crippen LogP contribution in [0.5, 0.6) is 5.75 Å². The van der Waals surface area contributed by atoms with Crippen LogP contribution in [-0.4, -0.2) is 36.4 Å². The van der Waals surface area contributed by atoms with Crippen molar-refractivity contribution in [1.29, 1.82) is 0 Å². The average Bonchev–Trinajstić information content (AvgIpc) is 2.46. The standard InChI is InChI=1S/C14H17BrN2O3/c1-20-12-6-5-9(8-10(12)15)14(19)17-7-3-2-4-11(17)13(16)18/h5-6,8,11H,2-4,7H2,1H3,(H2,16,18). The summed E-state index contributed by atoms with van der Waals surface area (Å²) >= 11 is 3.36. The van der Waals surface area contributed by atoms with E-state index in [2.05, 4.69) is 15.9 Å². The van der Waals surface area contributed by atoms with Gasteiger partial charge in [-0.3, -0.25) is 9.59 Å². The highest BCUT2D eigenvalue weighted by molar-refractivity contribution is 9.10. The Morgan fingerprint density at radius 3 is 2.75 bits per heavy atom. The summed E-state index contributed by atoms with van der Waals surface area (Å²) in [5, 5.41) is 0. The van der Waals surface area contributed by atoms with Gasteiger partial charge in [0.2, 0.25) is 5.91 Å². The summed E-state index contributed by atoms with van der Waals surface area (Å²) in [5.41, 5.74) is 5.91. The van der Waals surface area contributed by atoms with E-state index < -0.39 is 11.9 Å². The molecule has 0 radical (unpaired) electrons. The number of hydrogen-bond donors (Lipinski definition) is 1. The molecule has 1 aliphatic heterocycles. The predicted molar refractivity (Wildman–Crippen MR) is 78.6 cm³/mol. The lowest BCUT2D eigenvalue weighted by Gasteiger charge is -2.33. The third-order valence-electron chi connectivity index (χ3n) is 3.49. The summed E-state index contributed by atoms with van der Waals surface area (Å²) in [7, 11) is 1.56. The molecule has 20 heavy (non-hydrogen) atoms.